The molecule has 5 nitrogen and oxygen atoms in total. The first-order valence-corrected chi connectivity index (χ1v) is 8.18. The zero-order valence-electron chi connectivity index (χ0n) is 11.3. The lowest BCUT2D eigenvalue weighted by Gasteiger charge is -2.34. The summed E-state index contributed by atoms with van der Waals surface area (Å²) in [6.07, 6.45) is 3.34. The molecule has 7 heteroatoms. The number of nitrogens with two attached hydrogens (primary N) is 1. The number of aromatic nitrogens is 1. The van der Waals surface area contributed by atoms with E-state index in [2.05, 4.69) is 20.9 Å². The predicted molar refractivity (Wildman–Crippen MR) is 81.2 cm³/mol. The van der Waals surface area contributed by atoms with Gasteiger partial charge in [0.15, 0.2) is 10.3 Å². The van der Waals surface area contributed by atoms with Gasteiger partial charge < -0.3 is 10.6 Å². The number of nitriles is 1. The molecule has 1 unspecified atom stereocenters. The Balaban J connectivity index is 1.63. The lowest BCUT2D eigenvalue weighted by molar-refractivity contribution is 0.163. The van der Waals surface area contributed by atoms with Crippen LogP contribution in [0.4, 0.5) is 5.13 Å². The maximum Gasteiger partial charge on any atom is 0.188 e. The van der Waals surface area contributed by atoms with Crippen LogP contribution in [-0.2, 0) is 0 Å². The standard InChI is InChI=1S/C13H18ClN5S/c14-12-11(7-15)20-13(17-12)19-6-3-10(8-19)18-4-1-9(16)2-5-18/h9-10H,1-6,8,16H2. The van der Waals surface area contributed by atoms with Gasteiger partial charge in [0.25, 0.3) is 0 Å². The molecule has 0 aliphatic carbocycles. The van der Waals surface area contributed by atoms with Gasteiger partial charge in [-0.25, -0.2) is 4.98 Å². The lowest BCUT2D eigenvalue weighted by Crippen LogP contribution is -2.46. The van der Waals surface area contributed by atoms with Crippen LogP contribution in [-0.4, -0.2) is 48.1 Å². The summed E-state index contributed by atoms with van der Waals surface area (Å²) < 4.78 is 0. The van der Waals surface area contributed by atoms with Crippen LogP contribution in [0.1, 0.15) is 24.1 Å². The van der Waals surface area contributed by atoms with Crippen LogP contribution in [0.3, 0.4) is 0 Å². The van der Waals surface area contributed by atoms with Gasteiger partial charge in [0.1, 0.15) is 10.9 Å². The Morgan fingerprint density at radius 1 is 1.30 bits per heavy atom. The fraction of sp³-hybridized carbons (Fsp3) is 0.692. The highest BCUT2D eigenvalue weighted by Gasteiger charge is 2.31. The SMILES string of the molecule is N#Cc1sc(N2CCC(N3CCC(N)CC3)C2)nc1Cl. The number of nitrogens with zero attached hydrogens (tertiary/aromatic N) is 4. The largest absolute Gasteiger partial charge is 0.346 e. The summed E-state index contributed by atoms with van der Waals surface area (Å²) in [6.45, 7) is 4.16. The molecular formula is C13H18ClN5S. The minimum absolute atomic E-state index is 0.333. The summed E-state index contributed by atoms with van der Waals surface area (Å²) in [5.41, 5.74) is 5.96. The fourth-order valence-electron chi connectivity index (χ4n) is 2.99. The Morgan fingerprint density at radius 2 is 2.05 bits per heavy atom. The molecule has 0 saturated carbocycles. The van der Waals surface area contributed by atoms with Crippen LogP contribution in [0.2, 0.25) is 5.15 Å². The number of piperidine rings is 1. The smallest absolute Gasteiger partial charge is 0.188 e. The summed E-state index contributed by atoms with van der Waals surface area (Å²) >= 11 is 7.34. The zero-order valence-corrected chi connectivity index (χ0v) is 12.8. The molecular weight excluding hydrogens is 294 g/mol. The summed E-state index contributed by atoms with van der Waals surface area (Å²) in [4.78, 5) is 9.60. The second kappa shape index (κ2) is 5.86. The van der Waals surface area contributed by atoms with Gasteiger partial charge in [0.2, 0.25) is 0 Å². The van der Waals surface area contributed by atoms with Gasteiger partial charge >= 0.3 is 0 Å². The molecule has 1 aromatic rings. The third-order valence-electron chi connectivity index (χ3n) is 4.20. The number of anilines is 1. The highest BCUT2D eigenvalue weighted by molar-refractivity contribution is 7.16. The van der Waals surface area contributed by atoms with Crippen LogP contribution >= 0.6 is 22.9 Å². The van der Waals surface area contributed by atoms with Crippen molar-refractivity contribution < 1.29 is 0 Å². The maximum absolute atomic E-state index is 8.95. The van der Waals surface area contributed by atoms with E-state index in [4.69, 9.17) is 22.6 Å². The van der Waals surface area contributed by atoms with Crippen molar-refractivity contribution in [2.75, 3.05) is 31.1 Å². The molecule has 0 aromatic carbocycles. The summed E-state index contributed by atoms with van der Waals surface area (Å²) in [5.74, 6) is 0. The van der Waals surface area contributed by atoms with E-state index in [1.54, 1.807) is 0 Å². The predicted octanol–water partition coefficient (Wildman–Crippen LogP) is 1.67. The highest BCUT2D eigenvalue weighted by atomic mass is 35.5. The molecule has 2 aliphatic heterocycles. The van der Waals surface area contributed by atoms with Crippen molar-refractivity contribution in [3.05, 3.63) is 10.0 Å². The normalized spacial score (nSPS) is 25.1. The van der Waals surface area contributed by atoms with Crippen molar-refractivity contribution in [1.82, 2.24) is 9.88 Å². The number of hydrogen-bond donors (Lipinski definition) is 1. The lowest BCUT2D eigenvalue weighted by atomic mass is 10.0. The molecule has 0 amide bonds. The molecule has 2 saturated heterocycles. The van der Waals surface area contributed by atoms with Crippen molar-refractivity contribution in [3.63, 3.8) is 0 Å². The Kier molecular flexibility index (Phi) is 4.13. The minimum Gasteiger partial charge on any atom is -0.346 e. The summed E-state index contributed by atoms with van der Waals surface area (Å²) in [5, 5.41) is 10.2. The number of rotatable bonds is 2. The van der Waals surface area contributed by atoms with E-state index in [-0.39, 0.29) is 0 Å². The second-order valence-corrected chi connectivity index (χ2v) is 6.83. The molecule has 1 aromatic heterocycles. The first-order chi connectivity index (χ1) is 9.67. The molecule has 20 heavy (non-hydrogen) atoms. The third-order valence-corrected chi connectivity index (χ3v) is 5.61. The van der Waals surface area contributed by atoms with E-state index in [0.29, 0.717) is 22.1 Å². The van der Waals surface area contributed by atoms with E-state index in [1.807, 2.05) is 0 Å². The quantitative estimate of drug-likeness (QED) is 0.899. The minimum atomic E-state index is 0.333. The highest BCUT2D eigenvalue weighted by Crippen LogP contribution is 2.32. The van der Waals surface area contributed by atoms with Gasteiger partial charge in [-0.2, -0.15) is 5.26 Å². The molecule has 0 spiro atoms. The summed E-state index contributed by atoms with van der Waals surface area (Å²) in [7, 11) is 0. The third kappa shape index (κ3) is 2.77. The Labute approximate surface area is 127 Å². The molecule has 2 aliphatic rings. The van der Waals surface area contributed by atoms with Gasteiger partial charge in [0, 0.05) is 25.2 Å². The number of halogens is 1. The number of thiazole rings is 1. The van der Waals surface area contributed by atoms with Gasteiger partial charge in [-0.05, 0) is 32.4 Å². The van der Waals surface area contributed by atoms with Crippen LogP contribution in [0.15, 0.2) is 0 Å². The van der Waals surface area contributed by atoms with E-state index in [0.717, 1.165) is 50.6 Å². The molecule has 3 rings (SSSR count). The van der Waals surface area contributed by atoms with E-state index in [9.17, 15) is 0 Å². The van der Waals surface area contributed by atoms with Crippen molar-refractivity contribution in [1.29, 1.82) is 5.26 Å². The number of likely N-dealkylation sites (tertiary alicyclic amines) is 1. The Morgan fingerprint density at radius 3 is 2.70 bits per heavy atom. The van der Waals surface area contributed by atoms with Gasteiger partial charge in [-0.15, -0.1) is 0 Å². The average Bonchev–Trinajstić information content (AvgIpc) is 3.06. The zero-order chi connectivity index (χ0) is 14.1. The first-order valence-electron chi connectivity index (χ1n) is 6.98. The number of hydrogen-bond acceptors (Lipinski definition) is 6. The Bertz CT molecular complexity index is 517. The average molecular weight is 312 g/mol. The molecule has 0 bridgehead atoms. The van der Waals surface area contributed by atoms with Gasteiger partial charge in [-0.1, -0.05) is 22.9 Å². The van der Waals surface area contributed by atoms with Gasteiger partial charge in [-0.3, -0.25) is 4.90 Å². The van der Waals surface area contributed by atoms with Crippen molar-refractivity contribution in [2.24, 2.45) is 5.73 Å². The Hall–Kier alpha value is -0.870. The molecule has 0 radical (unpaired) electrons. The first kappa shape index (κ1) is 14.1. The molecule has 2 fully saturated rings. The van der Waals surface area contributed by atoms with E-state index in [1.165, 1.54) is 11.3 Å². The van der Waals surface area contributed by atoms with Crippen molar-refractivity contribution in [3.8, 4) is 6.07 Å². The van der Waals surface area contributed by atoms with E-state index >= 15 is 0 Å². The van der Waals surface area contributed by atoms with E-state index < -0.39 is 0 Å². The molecule has 3 heterocycles. The van der Waals surface area contributed by atoms with Crippen LogP contribution in [0, 0.1) is 11.3 Å². The van der Waals surface area contributed by atoms with Crippen LogP contribution in [0.5, 0.6) is 0 Å². The topological polar surface area (TPSA) is 69.2 Å². The summed E-state index contributed by atoms with van der Waals surface area (Å²) in [6, 6.07) is 3.05. The maximum atomic E-state index is 8.95. The second-order valence-electron chi connectivity index (χ2n) is 5.49. The van der Waals surface area contributed by atoms with Crippen molar-refractivity contribution >= 4 is 28.1 Å². The van der Waals surface area contributed by atoms with Crippen LogP contribution in [0.25, 0.3) is 0 Å². The molecule has 1 atom stereocenters. The molecule has 108 valence electrons. The van der Waals surface area contributed by atoms with Crippen LogP contribution < -0.4 is 10.6 Å². The van der Waals surface area contributed by atoms with Crippen molar-refractivity contribution in [2.45, 2.75) is 31.3 Å². The monoisotopic (exact) mass is 311 g/mol. The molecule has 2 N–H and O–H groups in total. The fourth-order valence-corrected chi connectivity index (χ4v) is 4.07. The van der Waals surface area contributed by atoms with Gasteiger partial charge in [0.05, 0.1) is 0 Å².